The van der Waals surface area contributed by atoms with Crippen LogP contribution in [-0.4, -0.2) is 22.2 Å². The molecular formula is C23H21N3O2. The molecule has 4 aromatic rings. The van der Waals surface area contributed by atoms with E-state index < -0.39 is 0 Å². The highest BCUT2D eigenvalue weighted by Crippen LogP contribution is 2.36. The number of phenolic OH excluding ortho intramolecular Hbond substituents is 1. The second-order valence-electron chi connectivity index (χ2n) is 6.59. The number of aromatic nitrogens is 2. The minimum Gasteiger partial charge on any atom is -0.505 e. The number of hydrogen-bond donors (Lipinski definition) is 2. The predicted octanol–water partition coefficient (Wildman–Crippen LogP) is 4.85. The molecule has 2 aromatic carbocycles. The molecule has 0 saturated carbocycles. The Morgan fingerprint density at radius 3 is 2.54 bits per heavy atom. The number of aromatic hydroxyl groups is 1. The van der Waals surface area contributed by atoms with Crippen molar-refractivity contribution in [2.75, 3.05) is 12.4 Å². The number of ether oxygens (including phenoxy) is 1. The standard InChI is InChI=1S/C23H21N3O2/c1-15-5-3-7-20(25-15)26-21(17-8-11-18(28-2)12-9-17)19-13-10-16-6-4-14-24-22(16)23(19)27/h3-14,21,27H,1-2H3,(H,25,26)/t21-/m1/s1. The number of aryl methyl sites for hydroxylation is 1. The molecule has 0 fully saturated rings. The fraction of sp³-hybridized carbons (Fsp3) is 0.130. The molecule has 0 bridgehead atoms. The second-order valence-corrected chi connectivity index (χ2v) is 6.59. The molecule has 5 nitrogen and oxygen atoms in total. The SMILES string of the molecule is COc1ccc([C@@H](Nc2cccc(C)n2)c2ccc3cccnc3c2O)cc1. The molecule has 2 heterocycles. The predicted molar refractivity (Wildman–Crippen MR) is 111 cm³/mol. The summed E-state index contributed by atoms with van der Waals surface area (Å²) >= 11 is 0. The molecule has 0 radical (unpaired) electrons. The van der Waals surface area contributed by atoms with Gasteiger partial charge in [-0.3, -0.25) is 4.98 Å². The van der Waals surface area contributed by atoms with Crippen LogP contribution < -0.4 is 10.1 Å². The molecule has 4 rings (SSSR count). The van der Waals surface area contributed by atoms with E-state index in [4.69, 9.17) is 4.74 Å². The number of benzene rings is 2. The number of methoxy groups -OCH3 is 1. The number of anilines is 1. The zero-order chi connectivity index (χ0) is 19.5. The van der Waals surface area contributed by atoms with Crippen molar-refractivity contribution in [3.8, 4) is 11.5 Å². The fourth-order valence-electron chi connectivity index (χ4n) is 3.29. The lowest BCUT2D eigenvalue weighted by molar-refractivity contribution is 0.414. The third kappa shape index (κ3) is 3.47. The van der Waals surface area contributed by atoms with Crippen molar-refractivity contribution in [1.82, 2.24) is 9.97 Å². The first kappa shape index (κ1) is 17.8. The molecule has 0 aliphatic rings. The van der Waals surface area contributed by atoms with E-state index in [1.807, 2.05) is 73.7 Å². The Bertz CT molecular complexity index is 1110. The number of hydrogen-bond acceptors (Lipinski definition) is 5. The largest absolute Gasteiger partial charge is 0.505 e. The van der Waals surface area contributed by atoms with Crippen molar-refractivity contribution < 1.29 is 9.84 Å². The van der Waals surface area contributed by atoms with E-state index >= 15 is 0 Å². The van der Waals surface area contributed by atoms with E-state index in [2.05, 4.69) is 15.3 Å². The molecule has 0 aliphatic carbocycles. The van der Waals surface area contributed by atoms with Gasteiger partial charge in [0.15, 0.2) is 0 Å². The van der Waals surface area contributed by atoms with Crippen molar-refractivity contribution in [1.29, 1.82) is 0 Å². The second kappa shape index (κ2) is 7.56. The first-order chi connectivity index (χ1) is 13.7. The van der Waals surface area contributed by atoms with E-state index in [0.29, 0.717) is 5.52 Å². The highest BCUT2D eigenvalue weighted by atomic mass is 16.5. The minimum absolute atomic E-state index is 0.166. The molecule has 0 spiro atoms. The fourth-order valence-corrected chi connectivity index (χ4v) is 3.29. The number of pyridine rings is 2. The Balaban J connectivity index is 1.83. The van der Waals surface area contributed by atoms with Crippen LogP contribution in [0.25, 0.3) is 10.9 Å². The van der Waals surface area contributed by atoms with Crippen molar-refractivity contribution in [2.24, 2.45) is 0 Å². The minimum atomic E-state index is -0.299. The molecular weight excluding hydrogens is 350 g/mol. The number of rotatable bonds is 5. The van der Waals surface area contributed by atoms with Crippen LogP contribution in [-0.2, 0) is 0 Å². The van der Waals surface area contributed by atoms with Gasteiger partial charge in [0.2, 0.25) is 0 Å². The smallest absolute Gasteiger partial charge is 0.147 e. The molecule has 1 atom stereocenters. The van der Waals surface area contributed by atoms with Crippen LogP contribution in [0, 0.1) is 6.92 Å². The van der Waals surface area contributed by atoms with E-state index in [0.717, 1.165) is 33.8 Å². The third-order valence-corrected chi connectivity index (χ3v) is 4.72. The monoisotopic (exact) mass is 371 g/mol. The lowest BCUT2D eigenvalue weighted by Crippen LogP contribution is -2.14. The summed E-state index contributed by atoms with van der Waals surface area (Å²) in [4.78, 5) is 8.91. The van der Waals surface area contributed by atoms with E-state index in [9.17, 15) is 5.11 Å². The van der Waals surface area contributed by atoms with Crippen LogP contribution >= 0.6 is 0 Å². The normalized spacial score (nSPS) is 11.9. The molecule has 0 aliphatic heterocycles. The highest BCUT2D eigenvalue weighted by molar-refractivity contribution is 5.86. The first-order valence-electron chi connectivity index (χ1n) is 9.06. The Labute approximate surface area is 163 Å². The van der Waals surface area contributed by atoms with Crippen LogP contribution in [0.2, 0.25) is 0 Å². The van der Waals surface area contributed by atoms with Gasteiger partial charge in [0, 0.05) is 22.8 Å². The molecule has 28 heavy (non-hydrogen) atoms. The summed E-state index contributed by atoms with van der Waals surface area (Å²) in [5.41, 5.74) is 3.22. The van der Waals surface area contributed by atoms with E-state index in [1.165, 1.54) is 0 Å². The van der Waals surface area contributed by atoms with Gasteiger partial charge in [0.1, 0.15) is 22.8 Å². The summed E-state index contributed by atoms with van der Waals surface area (Å²) in [7, 11) is 1.64. The zero-order valence-electron chi connectivity index (χ0n) is 15.8. The van der Waals surface area contributed by atoms with Crippen molar-refractivity contribution >= 4 is 16.7 Å². The zero-order valence-corrected chi connectivity index (χ0v) is 15.8. The number of fused-ring (bicyclic) bond motifs is 1. The Kier molecular flexibility index (Phi) is 4.81. The van der Waals surface area contributed by atoms with E-state index in [-0.39, 0.29) is 11.8 Å². The van der Waals surface area contributed by atoms with Gasteiger partial charge in [-0.25, -0.2) is 4.98 Å². The van der Waals surface area contributed by atoms with Gasteiger partial charge in [-0.05, 0) is 42.8 Å². The Hall–Kier alpha value is -3.60. The average Bonchev–Trinajstić information content (AvgIpc) is 2.73. The first-order valence-corrected chi connectivity index (χ1v) is 9.06. The molecule has 140 valence electrons. The number of phenols is 1. The van der Waals surface area contributed by atoms with Crippen LogP contribution in [0.4, 0.5) is 5.82 Å². The molecule has 0 saturated heterocycles. The summed E-state index contributed by atoms with van der Waals surface area (Å²) in [6, 6.07) is 21.0. The van der Waals surface area contributed by atoms with E-state index in [1.54, 1.807) is 13.3 Å². The van der Waals surface area contributed by atoms with Crippen LogP contribution in [0.5, 0.6) is 11.5 Å². The maximum absolute atomic E-state index is 11.0. The molecule has 2 N–H and O–H groups in total. The summed E-state index contributed by atoms with van der Waals surface area (Å²) in [6.07, 6.45) is 1.68. The van der Waals surface area contributed by atoms with Crippen molar-refractivity contribution in [3.63, 3.8) is 0 Å². The summed E-state index contributed by atoms with van der Waals surface area (Å²) in [5.74, 6) is 1.68. The molecule has 2 aromatic heterocycles. The highest BCUT2D eigenvalue weighted by Gasteiger charge is 2.20. The quantitative estimate of drug-likeness (QED) is 0.525. The van der Waals surface area contributed by atoms with Gasteiger partial charge in [0.05, 0.1) is 13.2 Å². The van der Waals surface area contributed by atoms with Gasteiger partial charge in [-0.15, -0.1) is 0 Å². The molecule has 0 unspecified atom stereocenters. The van der Waals surface area contributed by atoms with Gasteiger partial charge < -0.3 is 15.2 Å². The Morgan fingerprint density at radius 1 is 0.964 bits per heavy atom. The third-order valence-electron chi connectivity index (χ3n) is 4.72. The topological polar surface area (TPSA) is 67.3 Å². The Morgan fingerprint density at radius 2 is 1.79 bits per heavy atom. The molecule has 5 heteroatoms. The maximum atomic E-state index is 11.0. The number of nitrogens with one attached hydrogen (secondary N) is 1. The van der Waals surface area contributed by atoms with Crippen LogP contribution in [0.3, 0.4) is 0 Å². The van der Waals surface area contributed by atoms with Gasteiger partial charge in [-0.1, -0.05) is 36.4 Å². The number of nitrogens with zero attached hydrogens (tertiary/aromatic N) is 2. The lowest BCUT2D eigenvalue weighted by Gasteiger charge is -2.22. The van der Waals surface area contributed by atoms with Crippen molar-refractivity contribution in [2.45, 2.75) is 13.0 Å². The van der Waals surface area contributed by atoms with Crippen LogP contribution in [0.15, 0.2) is 72.9 Å². The van der Waals surface area contributed by atoms with Gasteiger partial charge in [-0.2, -0.15) is 0 Å². The van der Waals surface area contributed by atoms with Gasteiger partial charge in [0.25, 0.3) is 0 Å². The average molecular weight is 371 g/mol. The van der Waals surface area contributed by atoms with Crippen molar-refractivity contribution in [3.05, 3.63) is 89.7 Å². The molecule has 0 amide bonds. The summed E-state index contributed by atoms with van der Waals surface area (Å²) < 4.78 is 5.28. The summed E-state index contributed by atoms with van der Waals surface area (Å²) in [6.45, 7) is 1.95. The summed E-state index contributed by atoms with van der Waals surface area (Å²) in [5, 5.41) is 15.3. The maximum Gasteiger partial charge on any atom is 0.147 e. The van der Waals surface area contributed by atoms with Gasteiger partial charge >= 0.3 is 0 Å². The lowest BCUT2D eigenvalue weighted by atomic mass is 9.96. The van der Waals surface area contributed by atoms with Crippen LogP contribution in [0.1, 0.15) is 22.9 Å².